The monoisotopic (exact) mass is 425 g/mol. The van der Waals surface area contributed by atoms with Gasteiger partial charge in [-0.15, -0.1) is 0 Å². The highest BCUT2D eigenvalue weighted by molar-refractivity contribution is 7.89. The number of benzene rings is 1. The number of anilines is 1. The van der Waals surface area contributed by atoms with E-state index < -0.39 is 34.3 Å². The molecule has 0 saturated carbocycles. The lowest BCUT2D eigenvalue weighted by atomic mass is 10.2. The first-order chi connectivity index (χ1) is 13.6. The molecule has 0 saturated heterocycles. The first-order valence-electron chi connectivity index (χ1n) is 9.04. The minimum atomic E-state index is -4.22. The Kier molecular flexibility index (Phi) is 7.15. The quantitative estimate of drug-likeness (QED) is 0.632. The molecule has 0 aliphatic heterocycles. The third-order valence-corrected chi connectivity index (χ3v) is 5.92. The van der Waals surface area contributed by atoms with Gasteiger partial charge < -0.3 is 14.6 Å². The number of hydrogen-bond acceptors (Lipinski definition) is 5. The molecule has 1 aromatic carbocycles. The number of amides is 1. The Labute approximate surface area is 169 Å². The van der Waals surface area contributed by atoms with Crippen molar-refractivity contribution in [3.63, 3.8) is 0 Å². The van der Waals surface area contributed by atoms with Crippen molar-refractivity contribution < 1.29 is 27.1 Å². The fourth-order valence-corrected chi connectivity index (χ4v) is 4.56. The van der Waals surface area contributed by atoms with Gasteiger partial charge in [0, 0.05) is 17.9 Å². The summed E-state index contributed by atoms with van der Waals surface area (Å²) in [5, 5.41) is 2.30. The zero-order chi connectivity index (χ0) is 21.8. The summed E-state index contributed by atoms with van der Waals surface area (Å²) in [5.74, 6) is -2.14. The predicted molar refractivity (Wildman–Crippen MR) is 106 cm³/mol. The lowest BCUT2D eigenvalue weighted by Gasteiger charge is -2.10. The van der Waals surface area contributed by atoms with Crippen LogP contribution in [-0.4, -0.2) is 38.0 Å². The number of halogens is 1. The fraction of sp³-hybridized carbons (Fsp3) is 0.368. The average molecular weight is 425 g/mol. The lowest BCUT2D eigenvalue weighted by molar-refractivity contribution is -0.115. The van der Waals surface area contributed by atoms with Gasteiger partial charge in [-0.1, -0.05) is 12.1 Å². The molecule has 10 heteroatoms. The van der Waals surface area contributed by atoms with Crippen LogP contribution in [0.2, 0.25) is 0 Å². The van der Waals surface area contributed by atoms with Crippen molar-refractivity contribution in [1.82, 2.24) is 9.29 Å². The Morgan fingerprint density at radius 2 is 1.79 bits per heavy atom. The Balaban J connectivity index is 2.30. The number of carbonyl (C=O) groups excluding carboxylic acids is 2. The number of hydrogen-bond donors (Lipinski definition) is 2. The number of nitrogens with zero attached hydrogens (tertiary/aromatic N) is 1. The second-order valence-corrected chi connectivity index (χ2v) is 7.90. The SMILES string of the molecule is CCOC(=O)c1c(S(=O)(=O)NCC(=O)Nc2ccccc2F)c(C)n(CC)c1C. The molecule has 2 aromatic rings. The van der Waals surface area contributed by atoms with Crippen LogP contribution in [0.4, 0.5) is 10.1 Å². The van der Waals surface area contributed by atoms with E-state index in [4.69, 9.17) is 4.74 Å². The fourth-order valence-electron chi connectivity index (χ4n) is 3.09. The molecule has 0 unspecified atom stereocenters. The largest absolute Gasteiger partial charge is 0.462 e. The minimum absolute atomic E-state index is 0.0618. The zero-order valence-corrected chi connectivity index (χ0v) is 17.5. The van der Waals surface area contributed by atoms with Crippen LogP contribution in [0.15, 0.2) is 29.2 Å². The van der Waals surface area contributed by atoms with Crippen molar-refractivity contribution in [2.75, 3.05) is 18.5 Å². The number of aromatic nitrogens is 1. The standard InChI is InChI=1S/C19H24FN3O5S/c1-5-23-12(3)17(19(25)28-6-2)18(13(23)4)29(26,27)21-11-16(24)22-15-10-8-7-9-14(15)20/h7-10,21H,5-6,11H2,1-4H3,(H,22,24). The van der Waals surface area contributed by atoms with E-state index in [9.17, 15) is 22.4 Å². The third kappa shape index (κ3) is 4.83. The summed E-state index contributed by atoms with van der Waals surface area (Å²) in [6.07, 6.45) is 0. The Bertz CT molecular complexity index is 1030. The summed E-state index contributed by atoms with van der Waals surface area (Å²) in [7, 11) is -4.22. The van der Waals surface area contributed by atoms with Crippen LogP contribution in [0, 0.1) is 19.7 Å². The van der Waals surface area contributed by atoms with E-state index in [1.165, 1.54) is 24.3 Å². The summed E-state index contributed by atoms with van der Waals surface area (Å²) in [5.41, 5.74) is 0.691. The van der Waals surface area contributed by atoms with Gasteiger partial charge in [0.2, 0.25) is 15.9 Å². The number of carbonyl (C=O) groups is 2. The number of ether oxygens (including phenoxy) is 1. The van der Waals surface area contributed by atoms with Gasteiger partial charge in [0.05, 0.1) is 18.8 Å². The van der Waals surface area contributed by atoms with Crippen LogP contribution in [0.25, 0.3) is 0 Å². The molecule has 0 aliphatic carbocycles. The summed E-state index contributed by atoms with van der Waals surface area (Å²) in [4.78, 5) is 24.2. The normalized spacial score (nSPS) is 11.3. The van der Waals surface area contributed by atoms with Crippen molar-refractivity contribution in [3.8, 4) is 0 Å². The molecule has 0 fully saturated rings. The highest BCUT2D eigenvalue weighted by atomic mass is 32.2. The van der Waals surface area contributed by atoms with Gasteiger partial charge in [-0.3, -0.25) is 4.79 Å². The van der Waals surface area contributed by atoms with Crippen LogP contribution < -0.4 is 10.0 Å². The second kappa shape index (κ2) is 9.19. The molecule has 0 bridgehead atoms. The van der Waals surface area contributed by atoms with Gasteiger partial charge in [0.1, 0.15) is 16.3 Å². The van der Waals surface area contributed by atoms with Crippen molar-refractivity contribution in [2.24, 2.45) is 0 Å². The van der Waals surface area contributed by atoms with E-state index in [0.717, 1.165) is 0 Å². The lowest BCUT2D eigenvalue weighted by Crippen LogP contribution is -2.34. The van der Waals surface area contributed by atoms with Crippen molar-refractivity contribution in [1.29, 1.82) is 0 Å². The maximum atomic E-state index is 13.6. The van der Waals surface area contributed by atoms with Gasteiger partial charge in [-0.2, -0.15) is 0 Å². The van der Waals surface area contributed by atoms with Crippen LogP contribution >= 0.6 is 0 Å². The van der Waals surface area contributed by atoms with Gasteiger partial charge >= 0.3 is 5.97 Å². The van der Waals surface area contributed by atoms with Gasteiger partial charge in [0.15, 0.2) is 0 Å². The maximum absolute atomic E-state index is 13.6. The predicted octanol–water partition coefficient (Wildman–Crippen LogP) is 2.36. The molecule has 2 N–H and O–H groups in total. The van der Waals surface area contributed by atoms with Gasteiger partial charge in [-0.25, -0.2) is 22.3 Å². The summed E-state index contributed by atoms with van der Waals surface area (Å²) in [6.45, 7) is 6.56. The third-order valence-electron chi connectivity index (χ3n) is 4.36. The first kappa shape index (κ1) is 22.6. The molecule has 158 valence electrons. The highest BCUT2D eigenvalue weighted by Gasteiger charge is 2.32. The number of esters is 1. The molecule has 1 heterocycles. The maximum Gasteiger partial charge on any atom is 0.341 e. The molecular formula is C19H24FN3O5S. The zero-order valence-electron chi connectivity index (χ0n) is 16.7. The molecular weight excluding hydrogens is 401 g/mol. The van der Waals surface area contributed by atoms with Crippen molar-refractivity contribution in [2.45, 2.75) is 39.1 Å². The molecule has 29 heavy (non-hydrogen) atoms. The molecule has 2 rings (SSSR count). The van der Waals surface area contributed by atoms with Gasteiger partial charge in [-0.05, 0) is 39.8 Å². The van der Waals surface area contributed by atoms with Gasteiger partial charge in [0.25, 0.3) is 0 Å². The molecule has 0 atom stereocenters. The Morgan fingerprint density at radius 1 is 1.14 bits per heavy atom. The molecule has 0 aliphatic rings. The Morgan fingerprint density at radius 3 is 2.38 bits per heavy atom. The second-order valence-electron chi connectivity index (χ2n) is 6.19. The van der Waals surface area contributed by atoms with Crippen LogP contribution in [0.3, 0.4) is 0 Å². The van der Waals surface area contributed by atoms with E-state index in [-0.39, 0.29) is 22.8 Å². The number of rotatable bonds is 8. The van der Waals surface area contributed by atoms with Crippen LogP contribution in [-0.2, 0) is 26.1 Å². The minimum Gasteiger partial charge on any atom is -0.462 e. The van der Waals surface area contributed by atoms with Crippen LogP contribution in [0.1, 0.15) is 35.6 Å². The number of para-hydroxylation sites is 1. The summed E-state index contributed by atoms with van der Waals surface area (Å²) >= 11 is 0. The molecule has 1 aromatic heterocycles. The molecule has 0 radical (unpaired) electrons. The summed E-state index contributed by atoms with van der Waals surface area (Å²) < 4.78 is 48.3. The Hall–Kier alpha value is -2.72. The van der Waals surface area contributed by atoms with E-state index in [1.54, 1.807) is 25.3 Å². The van der Waals surface area contributed by atoms with E-state index in [2.05, 4.69) is 10.0 Å². The average Bonchev–Trinajstić information content (AvgIpc) is 2.93. The number of nitrogens with one attached hydrogen (secondary N) is 2. The summed E-state index contributed by atoms with van der Waals surface area (Å²) in [6, 6.07) is 5.53. The smallest absolute Gasteiger partial charge is 0.341 e. The van der Waals surface area contributed by atoms with E-state index in [1.807, 2.05) is 6.92 Å². The first-order valence-corrected chi connectivity index (χ1v) is 10.5. The van der Waals surface area contributed by atoms with Crippen molar-refractivity contribution in [3.05, 3.63) is 47.0 Å². The number of sulfonamides is 1. The van der Waals surface area contributed by atoms with Crippen LogP contribution in [0.5, 0.6) is 0 Å². The van der Waals surface area contributed by atoms with E-state index in [0.29, 0.717) is 17.9 Å². The highest BCUT2D eigenvalue weighted by Crippen LogP contribution is 2.27. The molecule has 0 spiro atoms. The molecule has 8 nitrogen and oxygen atoms in total. The molecule has 1 amide bonds. The topological polar surface area (TPSA) is 106 Å². The van der Waals surface area contributed by atoms with E-state index >= 15 is 0 Å². The van der Waals surface area contributed by atoms with Crippen molar-refractivity contribution >= 4 is 27.6 Å².